The summed E-state index contributed by atoms with van der Waals surface area (Å²) in [7, 11) is 0. The van der Waals surface area contributed by atoms with Gasteiger partial charge < -0.3 is 14.8 Å². The summed E-state index contributed by atoms with van der Waals surface area (Å²) in [6.45, 7) is 7.44. The third-order valence-corrected chi connectivity index (χ3v) is 4.43. The van der Waals surface area contributed by atoms with Gasteiger partial charge in [0.05, 0.1) is 31.1 Å². The summed E-state index contributed by atoms with van der Waals surface area (Å²) in [5, 5.41) is 3.11. The number of ether oxygens (including phenoxy) is 2. The van der Waals surface area contributed by atoms with Crippen molar-refractivity contribution in [3.05, 3.63) is 65.0 Å². The molecular formula is C20H24N2O3. The van der Waals surface area contributed by atoms with Crippen molar-refractivity contribution >= 4 is 5.91 Å². The predicted octanol–water partition coefficient (Wildman–Crippen LogP) is 3.14. The molecule has 5 nitrogen and oxygen atoms in total. The highest BCUT2D eigenvalue weighted by Gasteiger charge is 2.29. The van der Waals surface area contributed by atoms with Gasteiger partial charge in [0.2, 0.25) is 0 Å². The normalized spacial score (nSPS) is 18.0. The van der Waals surface area contributed by atoms with Gasteiger partial charge in [-0.3, -0.25) is 9.78 Å². The molecule has 0 saturated carbocycles. The molecule has 1 amide bonds. The Labute approximate surface area is 148 Å². The quantitative estimate of drug-likeness (QED) is 0.929. The predicted molar refractivity (Wildman–Crippen MR) is 95.4 cm³/mol. The molecule has 2 aromatic rings. The molecule has 0 radical (unpaired) electrons. The highest BCUT2D eigenvalue weighted by atomic mass is 16.6. The van der Waals surface area contributed by atoms with Crippen LogP contribution in [0.4, 0.5) is 0 Å². The summed E-state index contributed by atoms with van der Waals surface area (Å²) < 4.78 is 11.3. The van der Waals surface area contributed by atoms with Gasteiger partial charge in [-0.25, -0.2) is 0 Å². The van der Waals surface area contributed by atoms with Gasteiger partial charge in [0.1, 0.15) is 6.10 Å². The van der Waals surface area contributed by atoms with Crippen molar-refractivity contribution in [2.75, 3.05) is 19.8 Å². The molecule has 5 heteroatoms. The molecule has 25 heavy (non-hydrogen) atoms. The number of nitrogens with one attached hydrogen (secondary N) is 1. The number of hydrogen-bond acceptors (Lipinski definition) is 4. The average Bonchev–Trinajstić information content (AvgIpc) is 2.62. The van der Waals surface area contributed by atoms with Crippen molar-refractivity contribution in [2.24, 2.45) is 0 Å². The van der Waals surface area contributed by atoms with Crippen molar-refractivity contribution in [3.63, 3.8) is 0 Å². The number of hydrogen-bond donors (Lipinski definition) is 1. The van der Waals surface area contributed by atoms with E-state index in [9.17, 15) is 4.79 Å². The Morgan fingerprint density at radius 1 is 1.20 bits per heavy atom. The van der Waals surface area contributed by atoms with Gasteiger partial charge in [0.25, 0.3) is 5.91 Å². The molecule has 1 fully saturated rings. The van der Waals surface area contributed by atoms with Crippen molar-refractivity contribution in [3.8, 4) is 0 Å². The zero-order chi connectivity index (χ0) is 17.9. The number of aryl methyl sites for hydroxylation is 1. The van der Waals surface area contributed by atoms with Crippen LogP contribution in [0, 0.1) is 6.92 Å². The maximum atomic E-state index is 13.1. The van der Waals surface area contributed by atoms with Gasteiger partial charge in [-0.15, -0.1) is 0 Å². The minimum Gasteiger partial charge on any atom is -0.376 e. The molecule has 0 bridgehead atoms. The zero-order valence-corrected chi connectivity index (χ0v) is 14.9. The lowest BCUT2D eigenvalue weighted by Gasteiger charge is -2.29. The molecule has 1 atom stereocenters. The molecule has 1 saturated heterocycles. The fourth-order valence-corrected chi connectivity index (χ4v) is 3.08. The van der Waals surface area contributed by atoms with Crippen molar-refractivity contribution < 1.29 is 14.3 Å². The summed E-state index contributed by atoms with van der Waals surface area (Å²) in [5.74, 6) is -0.127. The van der Waals surface area contributed by atoms with Crippen LogP contribution in [0.1, 0.15) is 47.1 Å². The monoisotopic (exact) mass is 340 g/mol. The number of aromatic nitrogens is 1. The van der Waals surface area contributed by atoms with Crippen LogP contribution >= 0.6 is 0 Å². The maximum absolute atomic E-state index is 13.1. The second-order valence-electron chi connectivity index (χ2n) is 6.77. The average molecular weight is 340 g/mol. The minimum atomic E-state index is -0.582. The third kappa shape index (κ3) is 3.89. The van der Waals surface area contributed by atoms with Gasteiger partial charge >= 0.3 is 0 Å². The van der Waals surface area contributed by atoms with E-state index in [1.54, 1.807) is 6.20 Å². The van der Waals surface area contributed by atoms with Gasteiger partial charge in [-0.1, -0.05) is 24.3 Å². The van der Waals surface area contributed by atoms with E-state index in [4.69, 9.17) is 9.47 Å². The van der Waals surface area contributed by atoms with Crippen LogP contribution in [0.15, 0.2) is 42.6 Å². The fraction of sp³-hybridized carbons (Fsp3) is 0.400. The fourth-order valence-electron chi connectivity index (χ4n) is 3.08. The number of benzene rings is 1. The van der Waals surface area contributed by atoms with E-state index >= 15 is 0 Å². The number of rotatable bonds is 4. The molecule has 2 heterocycles. The molecule has 1 aromatic carbocycles. The van der Waals surface area contributed by atoms with Crippen molar-refractivity contribution in [1.29, 1.82) is 0 Å². The van der Waals surface area contributed by atoms with E-state index in [2.05, 4.69) is 10.3 Å². The standard InChI is InChI=1S/C20H24N2O3/c1-14-7-6-8-15(16-13-24-11-12-25-16)18(14)19(23)22-20(2,3)17-9-4-5-10-21-17/h4-10,16H,11-13H2,1-3H3,(H,22,23). The lowest BCUT2D eigenvalue weighted by atomic mass is 9.94. The molecule has 1 N–H and O–H groups in total. The summed E-state index contributed by atoms with van der Waals surface area (Å²) >= 11 is 0. The van der Waals surface area contributed by atoms with Crippen molar-refractivity contribution in [2.45, 2.75) is 32.4 Å². The third-order valence-electron chi connectivity index (χ3n) is 4.43. The van der Waals surface area contributed by atoms with Gasteiger partial charge in [0.15, 0.2) is 0 Å². The molecule has 1 aliphatic rings. The van der Waals surface area contributed by atoms with Crippen LogP contribution in [-0.4, -0.2) is 30.7 Å². The Morgan fingerprint density at radius 3 is 2.72 bits per heavy atom. The first-order chi connectivity index (χ1) is 12.0. The maximum Gasteiger partial charge on any atom is 0.252 e. The summed E-state index contributed by atoms with van der Waals surface area (Å²) in [6.07, 6.45) is 1.52. The van der Waals surface area contributed by atoms with E-state index in [1.165, 1.54) is 0 Å². The lowest BCUT2D eigenvalue weighted by Crippen LogP contribution is -2.42. The SMILES string of the molecule is Cc1cccc(C2COCCO2)c1C(=O)NC(C)(C)c1ccccn1. The van der Waals surface area contributed by atoms with Crippen LogP contribution in [0.3, 0.4) is 0 Å². The Kier molecular flexibility index (Phi) is 5.16. The number of pyridine rings is 1. The minimum absolute atomic E-state index is 0.127. The largest absolute Gasteiger partial charge is 0.376 e. The van der Waals surface area contributed by atoms with Gasteiger partial charge in [-0.05, 0) is 44.0 Å². The van der Waals surface area contributed by atoms with Crippen LogP contribution < -0.4 is 5.32 Å². The highest BCUT2D eigenvalue weighted by Crippen LogP contribution is 2.27. The molecule has 132 valence electrons. The summed E-state index contributed by atoms with van der Waals surface area (Å²) in [4.78, 5) is 17.5. The Hall–Kier alpha value is -2.24. The van der Waals surface area contributed by atoms with Crippen LogP contribution in [0.5, 0.6) is 0 Å². The number of carbonyl (C=O) groups excluding carboxylic acids is 1. The molecule has 3 rings (SSSR count). The Morgan fingerprint density at radius 2 is 2.04 bits per heavy atom. The van der Waals surface area contributed by atoms with E-state index in [0.717, 1.165) is 16.8 Å². The second kappa shape index (κ2) is 7.33. The van der Waals surface area contributed by atoms with Gasteiger partial charge in [0, 0.05) is 11.8 Å². The number of carbonyl (C=O) groups is 1. The van der Waals surface area contributed by atoms with E-state index in [1.807, 2.05) is 57.2 Å². The molecule has 1 unspecified atom stereocenters. The Balaban J connectivity index is 1.89. The summed E-state index contributed by atoms with van der Waals surface area (Å²) in [5.41, 5.74) is 2.68. The van der Waals surface area contributed by atoms with Crippen LogP contribution in [0.2, 0.25) is 0 Å². The van der Waals surface area contributed by atoms with E-state index in [-0.39, 0.29) is 12.0 Å². The molecule has 0 aliphatic carbocycles. The first kappa shape index (κ1) is 17.6. The molecular weight excluding hydrogens is 316 g/mol. The first-order valence-electron chi connectivity index (χ1n) is 8.52. The Bertz CT molecular complexity index is 738. The highest BCUT2D eigenvalue weighted by molar-refractivity contribution is 5.97. The molecule has 1 aliphatic heterocycles. The lowest BCUT2D eigenvalue weighted by molar-refractivity contribution is -0.0903. The molecule has 0 spiro atoms. The van der Waals surface area contributed by atoms with Crippen LogP contribution in [0.25, 0.3) is 0 Å². The molecule has 1 aromatic heterocycles. The zero-order valence-electron chi connectivity index (χ0n) is 14.9. The number of nitrogens with zero attached hydrogens (tertiary/aromatic N) is 1. The smallest absolute Gasteiger partial charge is 0.252 e. The van der Waals surface area contributed by atoms with Crippen molar-refractivity contribution in [1.82, 2.24) is 10.3 Å². The number of amides is 1. The second-order valence-corrected chi connectivity index (χ2v) is 6.77. The van der Waals surface area contributed by atoms with E-state index < -0.39 is 5.54 Å². The summed E-state index contributed by atoms with van der Waals surface area (Å²) in [6, 6.07) is 11.5. The topological polar surface area (TPSA) is 60.5 Å². The van der Waals surface area contributed by atoms with Crippen LogP contribution in [-0.2, 0) is 15.0 Å². The van der Waals surface area contributed by atoms with E-state index in [0.29, 0.717) is 25.4 Å². The first-order valence-corrected chi connectivity index (χ1v) is 8.52. The van der Waals surface area contributed by atoms with Gasteiger partial charge in [-0.2, -0.15) is 0 Å².